The van der Waals surface area contributed by atoms with Crippen molar-refractivity contribution in [2.75, 3.05) is 6.61 Å². The zero-order chi connectivity index (χ0) is 16.8. The first-order valence-electron chi connectivity index (χ1n) is 7.20. The van der Waals surface area contributed by atoms with Crippen LogP contribution in [0.15, 0.2) is 46.9 Å². The predicted molar refractivity (Wildman–Crippen MR) is 90.7 cm³/mol. The van der Waals surface area contributed by atoms with Crippen LogP contribution in [-0.2, 0) is 16.1 Å². The lowest BCUT2D eigenvalue weighted by atomic mass is 10.0. The Morgan fingerprint density at radius 3 is 2.26 bits per heavy atom. The minimum atomic E-state index is -0.341. The molecule has 0 amide bonds. The highest BCUT2D eigenvalue weighted by Crippen LogP contribution is 2.22. The number of hydrogen-bond acceptors (Lipinski definition) is 4. The van der Waals surface area contributed by atoms with Gasteiger partial charge in [0.25, 0.3) is 0 Å². The number of ether oxygens (including phenoxy) is 2. The number of carbonyl (C=O) groups excluding carboxylic acids is 2. The van der Waals surface area contributed by atoms with Crippen molar-refractivity contribution in [2.24, 2.45) is 0 Å². The van der Waals surface area contributed by atoms with E-state index in [0.717, 1.165) is 15.8 Å². The van der Waals surface area contributed by atoms with E-state index < -0.39 is 0 Å². The fourth-order valence-corrected chi connectivity index (χ4v) is 2.51. The molecule has 0 heterocycles. The molecular formula is C18H17BrO4. The van der Waals surface area contributed by atoms with Crippen molar-refractivity contribution >= 4 is 27.7 Å². The number of carbonyl (C=O) groups is 2. The highest BCUT2D eigenvalue weighted by atomic mass is 79.9. The van der Waals surface area contributed by atoms with Crippen LogP contribution in [0.1, 0.15) is 35.3 Å². The van der Waals surface area contributed by atoms with Crippen LogP contribution in [0.4, 0.5) is 0 Å². The van der Waals surface area contributed by atoms with E-state index in [2.05, 4.69) is 15.9 Å². The van der Waals surface area contributed by atoms with Gasteiger partial charge in [0.15, 0.2) is 5.78 Å². The van der Waals surface area contributed by atoms with Gasteiger partial charge in [-0.3, -0.25) is 9.59 Å². The van der Waals surface area contributed by atoms with Crippen LogP contribution in [0.3, 0.4) is 0 Å². The van der Waals surface area contributed by atoms with Crippen molar-refractivity contribution in [3.8, 4) is 5.75 Å². The Morgan fingerprint density at radius 2 is 1.70 bits per heavy atom. The molecule has 0 radical (unpaired) electrons. The molecule has 0 saturated carbocycles. The second-order valence-electron chi connectivity index (χ2n) is 4.87. The highest BCUT2D eigenvalue weighted by Gasteiger charge is 2.12. The summed E-state index contributed by atoms with van der Waals surface area (Å²) in [6.07, 6.45) is 0. The Kier molecular flexibility index (Phi) is 5.93. The zero-order valence-corrected chi connectivity index (χ0v) is 14.6. The smallest absolute Gasteiger partial charge is 0.302 e. The summed E-state index contributed by atoms with van der Waals surface area (Å²) in [7, 11) is 0. The average Bonchev–Trinajstić information content (AvgIpc) is 2.54. The second-order valence-corrected chi connectivity index (χ2v) is 5.73. The number of rotatable bonds is 6. The topological polar surface area (TPSA) is 52.6 Å². The van der Waals surface area contributed by atoms with E-state index in [-0.39, 0.29) is 18.4 Å². The van der Waals surface area contributed by atoms with Gasteiger partial charge in [0.05, 0.1) is 6.61 Å². The number of hydrogen-bond donors (Lipinski definition) is 0. The maximum Gasteiger partial charge on any atom is 0.302 e. The van der Waals surface area contributed by atoms with Gasteiger partial charge in [0.1, 0.15) is 12.4 Å². The molecule has 0 aliphatic rings. The molecule has 23 heavy (non-hydrogen) atoms. The average molecular weight is 377 g/mol. The maximum absolute atomic E-state index is 12.5. The third-order valence-electron chi connectivity index (χ3n) is 3.17. The molecule has 0 bridgehead atoms. The highest BCUT2D eigenvalue weighted by molar-refractivity contribution is 9.10. The lowest BCUT2D eigenvalue weighted by molar-refractivity contribution is -0.142. The molecular weight excluding hydrogens is 360 g/mol. The molecule has 0 saturated heterocycles. The summed E-state index contributed by atoms with van der Waals surface area (Å²) >= 11 is 3.41. The van der Waals surface area contributed by atoms with Gasteiger partial charge in [0, 0.05) is 28.1 Å². The van der Waals surface area contributed by atoms with Crippen molar-refractivity contribution in [1.29, 1.82) is 0 Å². The summed E-state index contributed by atoms with van der Waals surface area (Å²) in [4.78, 5) is 23.4. The summed E-state index contributed by atoms with van der Waals surface area (Å²) in [6.45, 7) is 4.03. The van der Waals surface area contributed by atoms with Crippen LogP contribution >= 0.6 is 15.9 Å². The number of esters is 1. The Balaban J connectivity index is 2.16. The van der Waals surface area contributed by atoms with Gasteiger partial charge >= 0.3 is 5.97 Å². The fourth-order valence-electron chi connectivity index (χ4n) is 2.02. The minimum Gasteiger partial charge on any atom is -0.494 e. The summed E-state index contributed by atoms with van der Waals surface area (Å²) in [5.74, 6) is 0.321. The molecule has 120 valence electrons. The molecule has 0 N–H and O–H groups in total. The van der Waals surface area contributed by atoms with Crippen LogP contribution < -0.4 is 4.74 Å². The molecule has 2 aromatic rings. The standard InChI is InChI=1S/C18H17BrO4/c1-3-22-16-8-6-13(7-9-16)18(21)14-4-5-15(17(19)10-14)11-23-12(2)20/h4-10H,3,11H2,1-2H3. The Bertz CT molecular complexity index is 707. The largest absolute Gasteiger partial charge is 0.494 e. The summed E-state index contributed by atoms with van der Waals surface area (Å²) in [5, 5.41) is 0. The van der Waals surface area contributed by atoms with Gasteiger partial charge in [-0.15, -0.1) is 0 Å². The second kappa shape index (κ2) is 7.92. The van der Waals surface area contributed by atoms with E-state index in [1.807, 2.05) is 6.92 Å². The molecule has 4 nitrogen and oxygen atoms in total. The summed E-state index contributed by atoms with van der Waals surface area (Å²) < 4.78 is 11.1. The van der Waals surface area contributed by atoms with E-state index in [4.69, 9.17) is 9.47 Å². The third kappa shape index (κ3) is 4.66. The van der Waals surface area contributed by atoms with Gasteiger partial charge in [-0.1, -0.05) is 28.1 Å². The first-order valence-corrected chi connectivity index (χ1v) is 8.00. The van der Waals surface area contributed by atoms with E-state index in [0.29, 0.717) is 17.7 Å². The summed E-state index contributed by atoms with van der Waals surface area (Å²) in [6, 6.07) is 12.3. The van der Waals surface area contributed by atoms with Gasteiger partial charge in [-0.25, -0.2) is 0 Å². The van der Waals surface area contributed by atoms with Gasteiger partial charge in [-0.2, -0.15) is 0 Å². The van der Waals surface area contributed by atoms with Gasteiger partial charge < -0.3 is 9.47 Å². The molecule has 0 aliphatic carbocycles. The number of halogens is 1. The number of ketones is 1. The Morgan fingerprint density at radius 1 is 1.04 bits per heavy atom. The summed E-state index contributed by atoms with van der Waals surface area (Å²) in [5.41, 5.74) is 1.96. The predicted octanol–water partition coefficient (Wildman–Crippen LogP) is 4.14. The molecule has 0 unspecified atom stereocenters. The van der Waals surface area contributed by atoms with E-state index in [1.54, 1.807) is 42.5 Å². The molecule has 0 atom stereocenters. The molecule has 0 spiro atoms. The van der Waals surface area contributed by atoms with Gasteiger partial charge in [0.2, 0.25) is 0 Å². The molecule has 0 fully saturated rings. The SMILES string of the molecule is CCOc1ccc(C(=O)c2ccc(COC(C)=O)c(Br)c2)cc1. The van der Waals surface area contributed by atoms with E-state index >= 15 is 0 Å². The normalized spacial score (nSPS) is 10.2. The van der Waals surface area contributed by atoms with Crippen molar-refractivity contribution in [3.63, 3.8) is 0 Å². The zero-order valence-electron chi connectivity index (χ0n) is 13.0. The first-order chi connectivity index (χ1) is 11.0. The molecule has 5 heteroatoms. The van der Waals surface area contributed by atoms with Crippen LogP contribution in [-0.4, -0.2) is 18.4 Å². The van der Waals surface area contributed by atoms with Crippen LogP contribution in [0.2, 0.25) is 0 Å². The molecule has 0 aliphatic heterocycles. The van der Waals surface area contributed by atoms with Crippen molar-refractivity contribution < 1.29 is 19.1 Å². The van der Waals surface area contributed by atoms with Gasteiger partial charge in [-0.05, 0) is 37.3 Å². The molecule has 2 aromatic carbocycles. The lowest BCUT2D eigenvalue weighted by Gasteiger charge is -2.08. The lowest BCUT2D eigenvalue weighted by Crippen LogP contribution is -2.04. The fraction of sp³-hybridized carbons (Fsp3) is 0.222. The van der Waals surface area contributed by atoms with Crippen LogP contribution in [0.25, 0.3) is 0 Å². The Labute approximate surface area is 143 Å². The Hall–Kier alpha value is -2.14. The van der Waals surface area contributed by atoms with Crippen molar-refractivity contribution in [1.82, 2.24) is 0 Å². The van der Waals surface area contributed by atoms with Crippen molar-refractivity contribution in [2.45, 2.75) is 20.5 Å². The molecule has 2 rings (SSSR count). The monoisotopic (exact) mass is 376 g/mol. The minimum absolute atomic E-state index is 0.0761. The quantitative estimate of drug-likeness (QED) is 0.561. The third-order valence-corrected chi connectivity index (χ3v) is 3.91. The maximum atomic E-state index is 12.5. The van der Waals surface area contributed by atoms with Crippen LogP contribution in [0, 0.1) is 0 Å². The van der Waals surface area contributed by atoms with E-state index in [1.165, 1.54) is 6.92 Å². The first kappa shape index (κ1) is 17.2. The number of benzene rings is 2. The van der Waals surface area contributed by atoms with Crippen molar-refractivity contribution in [3.05, 3.63) is 63.6 Å². The van der Waals surface area contributed by atoms with Crippen LogP contribution in [0.5, 0.6) is 5.75 Å². The van der Waals surface area contributed by atoms with E-state index in [9.17, 15) is 9.59 Å². The molecule has 0 aromatic heterocycles.